The molecule has 2 rings (SSSR count). The van der Waals surface area contributed by atoms with Crippen LogP contribution in [-0.2, 0) is 5.41 Å². The SMILES string of the molecule is CCC(CC)(c1ccccc1)c1cc(O)cc(=O)o1. The highest BCUT2D eigenvalue weighted by Crippen LogP contribution is 2.38. The van der Waals surface area contributed by atoms with Crippen molar-refractivity contribution in [2.75, 3.05) is 0 Å². The van der Waals surface area contributed by atoms with Crippen molar-refractivity contribution in [2.24, 2.45) is 0 Å². The van der Waals surface area contributed by atoms with Crippen LogP contribution in [0.3, 0.4) is 0 Å². The summed E-state index contributed by atoms with van der Waals surface area (Å²) in [5, 5.41) is 9.64. The Morgan fingerprint density at radius 1 is 1.11 bits per heavy atom. The Morgan fingerprint density at radius 2 is 1.74 bits per heavy atom. The zero-order chi connectivity index (χ0) is 13.9. The zero-order valence-electron chi connectivity index (χ0n) is 11.2. The summed E-state index contributed by atoms with van der Waals surface area (Å²) in [6.45, 7) is 4.11. The minimum atomic E-state index is -0.516. The third-order valence-electron chi connectivity index (χ3n) is 3.76. The normalized spacial score (nSPS) is 11.5. The van der Waals surface area contributed by atoms with E-state index in [0.29, 0.717) is 5.76 Å². The van der Waals surface area contributed by atoms with Crippen LogP contribution < -0.4 is 5.63 Å². The van der Waals surface area contributed by atoms with Crippen molar-refractivity contribution in [3.8, 4) is 5.75 Å². The standard InChI is InChI=1S/C16H18O3/c1-3-16(4-2,12-8-6-5-7-9-12)14-10-13(17)11-15(18)19-14/h5-11,17H,3-4H2,1-2H3. The van der Waals surface area contributed by atoms with Crippen LogP contribution in [0.4, 0.5) is 0 Å². The molecular formula is C16H18O3. The van der Waals surface area contributed by atoms with E-state index in [4.69, 9.17) is 4.42 Å². The average Bonchev–Trinajstić information content (AvgIpc) is 2.41. The molecule has 0 atom stereocenters. The predicted molar refractivity (Wildman–Crippen MR) is 74.4 cm³/mol. The number of benzene rings is 1. The molecule has 2 aromatic rings. The maximum atomic E-state index is 11.5. The molecular weight excluding hydrogens is 240 g/mol. The van der Waals surface area contributed by atoms with Crippen molar-refractivity contribution in [2.45, 2.75) is 32.1 Å². The fraction of sp³-hybridized carbons (Fsp3) is 0.312. The van der Waals surface area contributed by atoms with Gasteiger partial charge in [-0.3, -0.25) is 0 Å². The maximum Gasteiger partial charge on any atom is 0.339 e. The molecule has 0 spiro atoms. The van der Waals surface area contributed by atoms with Crippen LogP contribution in [0.1, 0.15) is 38.0 Å². The molecule has 1 heterocycles. The second kappa shape index (κ2) is 5.31. The largest absolute Gasteiger partial charge is 0.508 e. The number of hydrogen-bond acceptors (Lipinski definition) is 3. The molecule has 1 N–H and O–H groups in total. The molecule has 100 valence electrons. The lowest BCUT2D eigenvalue weighted by molar-refractivity contribution is 0.333. The first-order valence-corrected chi connectivity index (χ1v) is 6.52. The third kappa shape index (κ3) is 2.41. The monoisotopic (exact) mass is 258 g/mol. The highest BCUT2D eigenvalue weighted by atomic mass is 16.4. The van der Waals surface area contributed by atoms with Gasteiger partial charge in [-0.25, -0.2) is 4.79 Å². The smallest absolute Gasteiger partial charge is 0.339 e. The molecule has 0 saturated carbocycles. The van der Waals surface area contributed by atoms with Gasteiger partial charge in [0.25, 0.3) is 0 Å². The molecule has 0 bridgehead atoms. The Morgan fingerprint density at radius 3 is 2.26 bits per heavy atom. The lowest BCUT2D eigenvalue weighted by Gasteiger charge is -2.31. The molecule has 0 aliphatic heterocycles. The van der Waals surface area contributed by atoms with Crippen molar-refractivity contribution in [1.82, 2.24) is 0 Å². The molecule has 0 amide bonds. The molecule has 1 aromatic carbocycles. The Hall–Kier alpha value is -2.03. The third-order valence-corrected chi connectivity index (χ3v) is 3.76. The van der Waals surface area contributed by atoms with Crippen molar-refractivity contribution < 1.29 is 9.52 Å². The van der Waals surface area contributed by atoms with Gasteiger partial charge < -0.3 is 9.52 Å². The highest BCUT2D eigenvalue weighted by molar-refractivity contribution is 5.36. The summed E-state index contributed by atoms with van der Waals surface area (Å²) in [7, 11) is 0. The van der Waals surface area contributed by atoms with Crippen molar-refractivity contribution in [1.29, 1.82) is 0 Å². The van der Waals surface area contributed by atoms with Crippen LogP contribution in [0, 0.1) is 0 Å². The Labute approximate surface area is 112 Å². The Bertz CT molecular complexity index is 595. The molecule has 0 fully saturated rings. The van der Waals surface area contributed by atoms with Gasteiger partial charge in [0.15, 0.2) is 0 Å². The Balaban J connectivity index is 2.66. The second-order valence-corrected chi connectivity index (χ2v) is 4.65. The van der Waals surface area contributed by atoms with Crippen LogP contribution in [0.2, 0.25) is 0 Å². The average molecular weight is 258 g/mol. The molecule has 0 aliphatic rings. The number of aromatic hydroxyl groups is 1. The summed E-state index contributed by atoms with van der Waals surface area (Å²) in [5.74, 6) is 0.474. The quantitative estimate of drug-likeness (QED) is 0.913. The van der Waals surface area contributed by atoms with E-state index in [1.54, 1.807) is 6.07 Å². The molecule has 0 aliphatic carbocycles. The highest BCUT2D eigenvalue weighted by Gasteiger charge is 2.33. The fourth-order valence-corrected chi connectivity index (χ4v) is 2.61. The predicted octanol–water partition coefficient (Wildman–Crippen LogP) is 3.45. The van der Waals surface area contributed by atoms with Crippen LogP contribution in [0.15, 0.2) is 51.7 Å². The maximum absolute atomic E-state index is 11.5. The number of rotatable bonds is 4. The van der Waals surface area contributed by atoms with Gasteiger partial charge in [0.1, 0.15) is 11.5 Å². The summed E-state index contributed by atoms with van der Waals surface area (Å²) in [6.07, 6.45) is 1.58. The minimum Gasteiger partial charge on any atom is -0.508 e. The van der Waals surface area contributed by atoms with E-state index < -0.39 is 5.63 Å². The van der Waals surface area contributed by atoms with Gasteiger partial charge in [0.2, 0.25) is 0 Å². The van der Waals surface area contributed by atoms with Gasteiger partial charge in [-0.15, -0.1) is 0 Å². The topological polar surface area (TPSA) is 50.4 Å². The van der Waals surface area contributed by atoms with Gasteiger partial charge in [0, 0.05) is 6.07 Å². The Kier molecular flexibility index (Phi) is 3.74. The first-order valence-electron chi connectivity index (χ1n) is 6.52. The second-order valence-electron chi connectivity index (χ2n) is 4.65. The molecule has 0 radical (unpaired) electrons. The van der Waals surface area contributed by atoms with Crippen molar-refractivity contribution in [3.05, 3.63) is 64.2 Å². The van der Waals surface area contributed by atoms with E-state index in [2.05, 4.69) is 13.8 Å². The van der Waals surface area contributed by atoms with E-state index in [-0.39, 0.29) is 11.2 Å². The van der Waals surface area contributed by atoms with E-state index in [1.165, 1.54) is 0 Å². The lowest BCUT2D eigenvalue weighted by atomic mass is 9.73. The zero-order valence-corrected chi connectivity index (χ0v) is 11.2. The van der Waals surface area contributed by atoms with Crippen molar-refractivity contribution in [3.63, 3.8) is 0 Å². The summed E-state index contributed by atoms with van der Waals surface area (Å²) in [4.78, 5) is 11.5. The van der Waals surface area contributed by atoms with E-state index in [0.717, 1.165) is 24.5 Å². The van der Waals surface area contributed by atoms with Crippen LogP contribution >= 0.6 is 0 Å². The first-order chi connectivity index (χ1) is 9.12. The first kappa shape index (κ1) is 13.4. The molecule has 3 nitrogen and oxygen atoms in total. The van der Waals surface area contributed by atoms with Crippen LogP contribution in [-0.4, -0.2) is 5.11 Å². The number of hydrogen-bond donors (Lipinski definition) is 1. The van der Waals surface area contributed by atoms with Gasteiger partial charge in [-0.05, 0) is 18.4 Å². The van der Waals surface area contributed by atoms with Gasteiger partial charge in [-0.1, -0.05) is 44.2 Å². The van der Waals surface area contributed by atoms with Crippen molar-refractivity contribution >= 4 is 0 Å². The summed E-state index contributed by atoms with van der Waals surface area (Å²) in [6, 6.07) is 12.6. The molecule has 3 heteroatoms. The molecule has 0 saturated heterocycles. The summed E-state index contributed by atoms with van der Waals surface area (Å²) < 4.78 is 5.34. The summed E-state index contributed by atoms with van der Waals surface area (Å²) in [5.41, 5.74) is 0.199. The van der Waals surface area contributed by atoms with Gasteiger partial charge in [-0.2, -0.15) is 0 Å². The van der Waals surface area contributed by atoms with E-state index >= 15 is 0 Å². The van der Waals surface area contributed by atoms with Crippen LogP contribution in [0.25, 0.3) is 0 Å². The molecule has 19 heavy (non-hydrogen) atoms. The van der Waals surface area contributed by atoms with Gasteiger partial charge in [0.05, 0.1) is 11.5 Å². The van der Waals surface area contributed by atoms with E-state index in [9.17, 15) is 9.90 Å². The van der Waals surface area contributed by atoms with Gasteiger partial charge >= 0.3 is 5.63 Å². The van der Waals surface area contributed by atoms with Crippen LogP contribution in [0.5, 0.6) is 5.75 Å². The molecule has 0 unspecified atom stereocenters. The fourth-order valence-electron chi connectivity index (χ4n) is 2.61. The lowest BCUT2D eigenvalue weighted by Crippen LogP contribution is -2.27. The molecule has 1 aromatic heterocycles. The minimum absolute atomic E-state index is 0.0477. The van der Waals surface area contributed by atoms with E-state index in [1.807, 2.05) is 30.3 Å². The summed E-state index contributed by atoms with van der Waals surface area (Å²) >= 11 is 0.